The van der Waals surface area contributed by atoms with Crippen LogP contribution in [0.3, 0.4) is 0 Å². The highest BCUT2D eigenvalue weighted by Crippen LogP contribution is 2.37. The first kappa shape index (κ1) is 26.1. The Morgan fingerprint density at radius 1 is 0.618 bits per heavy atom. The van der Waals surface area contributed by atoms with Gasteiger partial charge in [-0.3, -0.25) is 0 Å². The predicted molar refractivity (Wildman–Crippen MR) is 147 cm³/mol. The first-order valence-electron chi connectivity index (χ1n) is 13.8. The fourth-order valence-corrected chi connectivity index (χ4v) is 4.83. The lowest BCUT2D eigenvalue weighted by molar-refractivity contribution is -0.344. The van der Waals surface area contributed by atoms with E-state index in [-0.39, 0.29) is 0 Å². The van der Waals surface area contributed by atoms with Crippen molar-refractivity contribution < 1.29 is 4.70 Å². The molecule has 0 aliphatic carbocycles. The van der Waals surface area contributed by atoms with Gasteiger partial charge in [0, 0.05) is 22.8 Å². The maximum Gasteiger partial charge on any atom is 0.210 e. The van der Waals surface area contributed by atoms with E-state index in [4.69, 9.17) is 0 Å². The van der Waals surface area contributed by atoms with E-state index in [0.29, 0.717) is 0 Å². The molecular weight excluding hydrogens is 412 g/mol. The van der Waals surface area contributed by atoms with Crippen LogP contribution in [0.4, 0.5) is 0 Å². The third-order valence-corrected chi connectivity index (χ3v) is 6.94. The zero-order valence-electron chi connectivity index (χ0n) is 21.8. The third-order valence-electron chi connectivity index (χ3n) is 6.94. The monoisotopic (exact) mass is 456 g/mol. The van der Waals surface area contributed by atoms with Crippen molar-refractivity contribution in [2.75, 3.05) is 0 Å². The van der Waals surface area contributed by atoms with Crippen LogP contribution in [0.25, 0.3) is 16.9 Å². The molecule has 2 aromatic carbocycles. The highest BCUT2D eigenvalue weighted by molar-refractivity contribution is 5.78. The Balaban J connectivity index is 1.73. The lowest BCUT2D eigenvalue weighted by Crippen LogP contribution is -2.03. The normalized spacial score (nSPS) is 13.6. The van der Waals surface area contributed by atoms with E-state index in [9.17, 15) is 5.53 Å². The summed E-state index contributed by atoms with van der Waals surface area (Å²) in [5.41, 5.74) is 19.3. The molecule has 3 rings (SSSR count). The topological polar surface area (TPSA) is 25.3 Å². The lowest BCUT2D eigenvalue weighted by Gasteiger charge is -2.11. The summed E-state index contributed by atoms with van der Waals surface area (Å²) in [5.74, 6) is 0. The van der Waals surface area contributed by atoms with Gasteiger partial charge in [0.25, 0.3) is 0 Å². The van der Waals surface area contributed by atoms with Crippen molar-refractivity contribution in [1.82, 2.24) is 0 Å². The molecular formula is C32H44N2. The number of hydrogen-bond acceptors (Lipinski definition) is 0. The van der Waals surface area contributed by atoms with Crippen molar-refractivity contribution in [3.8, 4) is 0 Å². The van der Waals surface area contributed by atoms with Crippen molar-refractivity contribution in [2.45, 2.75) is 104 Å². The van der Waals surface area contributed by atoms with Gasteiger partial charge < -0.3 is 5.53 Å². The van der Waals surface area contributed by atoms with Crippen molar-refractivity contribution in [1.29, 1.82) is 0 Å². The number of nitrogens with zero attached hydrogens (tertiary/aromatic N) is 2. The number of aryl methyl sites for hydroxylation is 2. The van der Waals surface area contributed by atoms with E-state index in [0.717, 1.165) is 54.6 Å². The van der Waals surface area contributed by atoms with Crippen LogP contribution in [0.5, 0.6) is 0 Å². The molecule has 182 valence electrons. The Morgan fingerprint density at radius 2 is 1.26 bits per heavy atom. The van der Waals surface area contributed by atoms with Gasteiger partial charge >= 0.3 is 0 Å². The maximum atomic E-state index is 11.3. The summed E-state index contributed by atoms with van der Waals surface area (Å²) in [6.45, 7) is 6.73. The minimum absolute atomic E-state index is 0.899. The molecule has 0 amide bonds. The van der Waals surface area contributed by atoms with Crippen molar-refractivity contribution in [2.24, 2.45) is 0 Å². The molecule has 0 spiro atoms. The second-order valence-corrected chi connectivity index (χ2v) is 9.84. The Morgan fingerprint density at radius 3 is 2.00 bits per heavy atom. The second-order valence-electron chi connectivity index (χ2n) is 9.84. The summed E-state index contributed by atoms with van der Waals surface area (Å²) in [4.78, 5) is 0. The second kappa shape index (κ2) is 14.0. The van der Waals surface area contributed by atoms with Crippen LogP contribution in [0.2, 0.25) is 0 Å². The number of unbranched alkanes of at least 4 members (excludes halogenated alkanes) is 7. The van der Waals surface area contributed by atoms with Crippen LogP contribution in [-0.2, 0) is 12.8 Å². The van der Waals surface area contributed by atoms with E-state index < -0.39 is 0 Å². The zero-order valence-corrected chi connectivity index (χ0v) is 21.8. The Hall–Kier alpha value is -2.48. The number of benzene rings is 2. The average Bonchev–Trinajstić information content (AvgIpc) is 3.20. The van der Waals surface area contributed by atoms with Gasteiger partial charge in [0.1, 0.15) is 0 Å². The largest absolute Gasteiger partial charge is 0.493 e. The lowest BCUT2D eigenvalue weighted by atomic mass is 10.00. The third kappa shape index (κ3) is 7.26. The standard InChI is InChI=1S/C32H44N2/c1-4-7-10-11-12-13-16-26-20-22-28(23-21-26)32-30(18-9-6-3)25-31(34(32)33)29-19-14-17-27(24-29)15-8-5-2/h14,17,19-25H,4-13,15-16,18H2,1-3H3. The van der Waals surface area contributed by atoms with Crippen LogP contribution < -0.4 is 0 Å². The van der Waals surface area contributed by atoms with Gasteiger partial charge in [-0.1, -0.05) is 90.0 Å². The summed E-state index contributed by atoms with van der Waals surface area (Å²) in [7, 11) is 0. The summed E-state index contributed by atoms with van der Waals surface area (Å²) in [6, 6.07) is 17.6. The Kier molecular flexibility index (Phi) is 10.8. The zero-order chi connectivity index (χ0) is 24.2. The fraction of sp³-hybridized carbons (Fsp3) is 0.500. The Bertz CT molecular complexity index is 978. The van der Waals surface area contributed by atoms with Crippen molar-refractivity contribution >= 4 is 11.4 Å². The van der Waals surface area contributed by atoms with Gasteiger partial charge in [0.2, 0.25) is 11.4 Å². The minimum atomic E-state index is 0.899. The molecule has 34 heavy (non-hydrogen) atoms. The first-order valence-corrected chi connectivity index (χ1v) is 13.8. The summed E-state index contributed by atoms with van der Waals surface area (Å²) < 4.78 is 1.44. The van der Waals surface area contributed by atoms with Crippen LogP contribution in [0.1, 0.15) is 114 Å². The van der Waals surface area contributed by atoms with Crippen molar-refractivity contribution in [3.63, 3.8) is 0 Å². The van der Waals surface area contributed by atoms with Crippen LogP contribution in [-0.4, -0.2) is 4.70 Å². The number of rotatable bonds is 15. The number of hydrogen-bond donors (Lipinski definition) is 0. The minimum Gasteiger partial charge on any atom is -0.493 e. The highest BCUT2D eigenvalue weighted by atomic mass is 15.2. The van der Waals surface area contributed by atoms with Gasteiger partial charge in [-0.25, -0.2) is 4.70 Å². The summed E-state index contributed by atoms with van der Waals surface area (Å²) in [6.07, 6.45) is 18.1. The van der Waals surface area contributed by atoms with E-state index in [1.165, 1.54) is 72.8 Å². The SMILES string of the molecule is CCCCCCCCc1ccc(C2=C(CCCC)C=C(c3cccc(CCCC)c3)[N+]2=[N-])cc1. The molecule has 0 N–H and O–H groups in total. The molecule has 1 aliphatic heterocycles. The first-order chi connectivity index (χ1) is 16.7. The molecule has 0 bridgehead atoms. The van der Waals surface area contributed by atoms with Crippen LogP contribution in [0, 0.1) is 0 Å². The molecule has 0 saturated heterocycles. The average molecular weight is 457 g/mol. The molecule has 0 unspecified atom stereocenters. The summed E-state index contributed by atoms with van der Waals surface area (Å²) in [5, 5.41) is 0. The molecule has 1 aliphatic rings. The van der Waals surface area contributed by atoms with Gasteiger partial charge in [-0.15, -0.1) is 0 Å². The van der Waals surface area contributed by atoms with Gasteiger partial charge in [0.05, 0.1) is 0 Å². The molecule has 2 heteroatoms. The van der Waals surface area contributed by atoms with E-state index in [1.54, 1.807) is 0 Å². The molecule has 2 nitrogen and oxygen atoms in total. The molecule has 1 heterocycles. The van der Waals surface area contributed by atoms with Crippen molar-refractivity contribution in [3.05, 3.63) is 88.0 Å². The molecule has 0 fully saturated rings. The number of allylic oxidation sites excluding steroid dienone is 2. The van der Waals surface area contributed by atoms with Gasteiger partial charge in [-0.05, 0) is 73.9 Å². The highest BCUT2D eigenvalue weighted by Gasteiger charge is 2.28. The van der Waals surface area contributed by atoms with E-state index in [1.807, 2.05) is 0 Å². The van der Waals surface area contributed by atoms with E-state index >= 15 is 0 Å². The van der Waals surface area contributed by atoms with Crippen LogP contribution >= 0.6 is 0 Å². The maximum absolute atomic E-state index is 11.3. The van der Waals surface area contributed by atoms with Gasteiger partial charge in [0.15, 0.2) is 0 Å². The molecule has 2 aromatic rings. The van der Waals surface area contributed by atoms with Crippen LogP contribution in [0.15, 0.2) is 60.2 Å². The quantitative estimate of drug-likeness (QED) is 0.188. The van der Waals surface area contributed by atoms with E-state index in [2.05, 4.69) is 75.4 Å². The fourth-order valence-electron chi connectivity index (χ4n) is 4.83. The molecule has 0 radical (unpaired) electrons. The molecule has 0 saturated carbocycles. The predicted octanol–water partition coefficient (Wildman–Crippen LogP) is 9.92. The Labute approximate surface area is 208 Å². The summed E-state index contributed by atoms with van der Waals surface area (Å²) >= 11 is 0. The molecule has 0 aromatic heterocycles. The smallest absolute Gasteiger partial charge is 0.210 e. The molecule has 0 atom stereocenters. The van der Waals surface area contributed by atoms with Gasteiger partial charge in [-0.2, -0.15) is 0 Å².